The van der Waals surface area contributed by atoms with Crippen molar-refractivity contribution in [1.82, 2.24) is 10.2 Å². The van der Waals surface area contributed by atoms with Crippen LogP contribution in [0.4, 0.5) is 4.79 Å². The van der Waals surface area contributed by atoms with Gasteiger partial charge in [-0.15, -0.1) is 0 Å². The van der Waals surface area contributed by atoms with Crippen molar-refractivity contribution in [2.45, 2.75) is 5.54 Å². The van der Waals surface area contributed by atoms with Gasteiger partial charge in [0.1, 0.15) is 0 Å². The van der Waals surface area contributed by atoms with Crippen LogP contribution in [0.3, 0.4) is 0 Å². The highest BCUT2D eigenvalue weighted by Gasteiger charge is 2.50. The predicted molar refractivity (Wildman–Crippen MR) is 64.6 cm³/mol. The minimum absolute atomic E-state index is 0.0262. The maximum Gasteiger partial charge on any atom is 0.325 e. The lowest BCUT2D eigenvalue weighted by Gasteiger charge is -2.25. The van der Waals surface area contributed by atoms with E-state index in [1.807, 2.05) is 0 Å². The van der Waals surface area contributed by atoms with Crippen LogP contribution >= 0.6 is 0 Å². The Labute approximate surface area is 109 Å². The van der Waals surface area contributed by atoms with Crippen molar-refractivity contribution in [3.05, 3.63) is 23.8 Å². The summed E-state index contributed by atoms with van der Waals surface area (Å²) < 4.78 is 10.5. The summed E-state index contributed by atoms with van der Waals surface area (Å²) in [7, 11) is 1.42. The summed E-state index contributed by atoms with van der Waals surface area (Å²) in [5.41, 5.74) is 5.08. The standard InChI is InChI=1S/C12H13N3O4/c1-15-10(16)12(5-13,14-11(15)17)7-2-3-8-9(4-7)19-6-18-8/h2-4H,5-6,13H2,1H3,(H,14,17). The van der Waals surface area contributed by atoms with E-state index in [-0.39, 0.29) is 19.2 Å². The molecule has 1 fully saturated rings. The van der Waals surface area contributed by atoms with Gasteiger partial charge in [0.2, 0.25) is 6.79 Å². The molecule has 0 radical (unpaired) electrons. The van der Waals surface area contributed by atoms with E-state index in [0.29, 0.717) is 17.1 Å². The first-order chi connectivity index (χ1) is 9.08. The summed E-state index contributed by atoms with van der Waals surface area (Å²) in [4.78, 5) is 24.9. The van der Waals surface area contributed by atoms with Gasteiger partial charge in [-0.2, -0.15) is 0 Å². The molecule has 0 aliphatic carbocycles. The van der Waals surface area contributed by atoms with Crippen molar-refractivity contribution in [2.75, 3.05) is 20.4 Å². The van der Waals surface area contributed by atoms with Crippen molar-refractivity contribution in [1.29, 1.82) is 0 Å². The molecule has 0 aromatic heterocycles. The van der Waals surface area contributed by atoms with E-state index in [1.165, 1.54) is 7.05 Å². The third-order valence-corrected chi connectivity index (χ3v) is 3.47. The smallest absolute Gasteiger partial charge is 0.325 e. The average Bonchev–Trinajstić information content (AvgIpc) is 2.97. The molecule has 2 aliphatic heterocycles. The zero-order valence-corrected chi connectivity index (χ0v) is 10.3. The number of carbonyl (C=O) groups is 2. The number of nitrogens with one attached hydrogen (secondary N) is 1. The SMILES string of the molecule is CN1C(=O)NC(CN)(c2ccc3c(c2)OCO3)C1=O. The Hall–Kier alpha value is -2.28. The lowest BCUT2D eigenvalue weighted by molar-refractivity contribution is -0.130. The monoisotopic (exact) mass is 263 g/mol. The fraction of sp³-hybridized carbons (Fsp3) is 0.333. The van der Waals surface area contributed by atoms with Crippen molar-refractivity contribution >= 4 is 11.9 Å². The van der Waals surface area contributed by atoms with Gasteiger partial charge in [-0.05, 0) is 17.7 Å². The van der Waals surface area contributed by atoms with Crippen LogP contribution in [0.1, 0.15) is 5.56 Å². The number of amides is 3. The summed E-state index contributed by atoms with van der Waals surface area (Å²) in [5, 5.41) is 2.64. The Morgan fingerprint density at radius 2 is 2.11 bits per heavy atom. The fourth-order valence-corrected chi connectivity index (χ4v) is 2.31. The van der Waals surface area contributed by atoms with Crippen molar-refractivity contribution in [3.63, 3.8) is 0 Å². The van der Waals surface area contributed by atoms with Crippen LogP contribution in [0.15, 0.2) is 18.2 Å². The number of imide groups is 1. The molecule has 1 aromatic carbocycles. The lowest BCUT2D eigenvalue weighted by atomic mass is 9.89. The van der Waals surface area contributed by atoms with Gasteiger partial charge >= 0.3 is 6.03 Å². The zero-order valence-electron chi connectivity index (χ0n) is 10.3. The molecular weight excluding hydrogens is 250 g/mol. The molecule has 0 saturated carbocycles. The Morgan fingerprint density at radius 3 is 2.74 bits per heavy atom. The van der Waals surface area contributed by atoms with Gasteiger partial charge in [-0.1, -0.05) is 6.07 Å². The number of rotatable bonds is 2. The van der Waals surface area contributed by atoms with E-state index in [0.717, 1.165) is 4.90 Å². The van der Waals surface area contributed by atoms with Crippen LogP contribution in [0, 0.1) is 0 Å². The van der Waals surface area contributed by atoms with E-state index in [4.69, 9.17) is 15.2 Å². The molecule has 0 spiro atoms. The largest absolute Gasteiger partial charge is 0.454 e. The Bertz CT molecular complexity index is 574. The first-order valence-electron chi connectivity index (χ1n) is 5.79. The number of hydrogen-bond donors (Lipinski definition) is 2. The number of urea groups is 1. The molecule has 0 bridgehead atoms. The first kappa shape index (κ1) is 11.8. The van der Waals surface area contributed by atoms with E-state index < -0.39 is 11.6 Å². The molecule has 3 amide bonds. The third kappa shape index (κ3) is 1.48. The summed E-state index contributed by atoms with van der Waals surface area (Å²) in [5.74, 6) is 0.779. The zero-order chi connectivity index (χ0) is 13.6. The van der Waals surface area contributed by atoms with Gasteiger partial charge in [0.05, 0.1) is 0 Å². The lowest BCUT2D eigenvalue weighted by Crippen LogP contribution is -2.49. The number of likely N-dealkylation sites (N-methyl/N-ethyl adjacent to an activating group) is 1. The molecule has 2 heterocycles. The normalized spacial score (nSPS) is 24.8. The topological polar surface area (TPSA) is 93.9 Å². The minimum atomic E-state index is -1.23. The van der Waals surface area contributed by atoms with E-state index in [2.05, 4.69) is 5.32 Å². The number of nitrogens with two attached hydrogens (primary N) is 1. The van der Waals surface area contributed by atoms with E-state index in [9.17, 15) is 9.59 Å². The maximum absolute atomic E-state index is 12.3. The Morgan fingerprint density at radius 1 is 1.37 bits per heavy atom. The average molecular weight is 263 g/mol. The van der Waals surface area contributed by atoms with Crippen LogP contribution < -0.4 is 20.5 Å². The van der Waals surface area contributed by atoms with Gasteiger partial charge in [0.25, 0.3) is 5.91 Å². The molecule has 1 saturated heterocycles. The summed E-state index contributed by atoms with van der Waals surface area (Å²) in [6.07, 6.45) is 0. The van der Waals surface area contributed by atoms with Gasteiger partial charge in [0, 0.05) is 13.6 Å². The maximum atomic E-state index is 12.3. The third-order valence-electron chi connectivity index (χ3n) is 3.47. The number of nitrogens with zero attached hydrogens (tertiary/aromatic N) is 1. The van der Waals surface area contributed by atoms with Crippen LogP contribution in [-0.2, 0) is 10.3 Å². The van der Waals surface area contributed by atoms with Crippen LogP contribution in [-0.4, -0.2) is 37.2 Å². The second-order valence-electron chi connectivity index (χ2n) is 4.47. The Kier molecular flexibility index (Phi) is 2.39. The van der Waals surface area contributed by atoms with Crippen molar-refractivity contribution in [2.24, 2.45) is 5.73 Å². The summed E-state index contributed by atoms with van der Waals surface area (Å²) >= 11 is 0. The second kappa shape index (κ2) is 3.86. The highest BCUT2D eigenvalue weighted by atomic mass is 16.7. The molecule has 3 rings (SSSR count). The highest BCUT2D eigenvalue weighted by Crippen LogP contribution is 2.37. The number of benzene rings is 1. The molecular formula is C12H13N3O4. The van der Waals surface area contributed by atoms with Crippen molar-refractivity contribution in [3.8, 4) is 11.5 Å². The second-order valence-corrected chi connectivity index (χ2v) is 4.47. The molecule has 19 heavy (non-hydrogen) atoms. The number of fused-ring (bicyclic) bond motifs is 1. The summed E-state index contributed by atoms with van der Waals surface area (Å²) in [6.45, 7) is 0.121. The quantitative estimate of drug-likeness (QED) is 0.718. The van der Waals surface area contributed by atoms with E-state index >= 15 is 0 Å². The first-order valence-corrected chi connectivity index (χ1v) is 5.79. The molecule has 2 aliphatic rings. The van der Waals surface area contributed by atoms with Crippen LogP contribution in [0.2, 0.25) is 0 Å². The number of carbonyl (C=O) groups excluding carboxylic acids is 2. The van der Waals surface area contributed by atoms with Gasteiger partial charge in [-0.25, -0.2) is 4.79 Å². The molecule has 3 N–H and O–H groups in total. The van der Waals surface area contributed by atoms with Crippen LogP contribution in [0.5, 0.6) is 11.5 Å². The van der Waals surface area contributed by atoms with Crippen LogP contribution in [0.25, 0.3) is 0 Å². The Balaban J connectivity index is 2.08. The van der Waals surface area contributed by atoms with Gasteiger partial charge < -0.3 is 20.5 Å². The molecule has 100 valence electrons. The number of ether oxygens (including phenoxy) is 2. The highest BCUT2D eigenvalue weighted by molar-refractivity contribution is 6.07. The molecule has 7 heteroatoms. The molecule has 7 nitrogen and oxygen atoms in total. The van der Waals surface area contributed by atoms with E-state index in [1.54, 1.807) is 18.2 Å². The number of hydrogen-bond acceptors (Lipinski definition) is 5. The molecule has 1 atom stereocenters. The van der Waals surface area contributed by atoms with Gasteiger partial charge in [0.15, 0.2) is 17.0 Å². The van der Waals surface area contributed by atoms with Crippen molar-refractivity contribution < 1.29 is 19.1 Å². The fourth-order valence-electron chi connectivity index (χ4n) is 2.31. The molecule has 1 aromatic rings. The molecule has 1 unspecified atom stereocenters. The van der Waals surface area contributed by atoms with Gasteiger partial charge in [-0.3, -0.25) is 9.69 Å². The summed E-state index contributed by atoms with van der Waals surface area (Å²) in [6, 6.07) is 4.62. The predicted octanol–water partition coefficient (Wildman–Crippen LogP) is -0.249. The minimum Gasteiger partial charge on any atom is -0.454 e.